The molecule has 0 fully saturated rings. The lowest BCUT2D eigenvalue weighted by molar-refractivity contribution is -0.159. The average Bonchev–Trinajstić information content (AvgIpc) is 2.68. The SMILES string of the molecule is CCc1ccc(-c2ccc(Cl)cc2F)cc1C1=C(C(=O)OC)C(C)(C)OC(C)(C)C1=O. The van der Waals surface area contributed by atoms with Gasteiger partial charge in [-0.05, 0) is 75.1 Å². The highest BCUT2D eigenvalue weighted by molar-refractivity contribution is 6.31. The fourth-order valence-electron chi connectivity index (χ4n) is 4.17. The van der Waals surface area contributed by atoms with Crippen molar-refractivity contribution in [2.24, 2.45) is 0 Å². The average molecular weight is 445 g/mol. The highest BCUT2D eigenvalue weighted by Gasteiger charge is 2.49. The number of Topliss-reactive ketones (excluding diaryl/α,β-unsaturated/α-hetero) is 1. The van der Waals surface area contributed by atoms with Crippen molar-refractivity contribution in [1.82, 2.24) is 0 Å². The first kappa shape index (κ1) is 23.2. The number of benzene rings is 2. The van der Waals surface area contributed by atoms with Crippen LogP contribution in [0.2, 0.25) is 5.02 Å². The van der Waals surface area contributed by atoms with Crippen molar-refractivity contribution < 1.29 is 23.5 Å². The smallest absolute Gasteiger partial charge is 0.337 e. The molecule has 4 nitrogen and oxygen atoms in total. The standard InChI is InChI=1S/C25H26ClFO4/c1-7-14-8-9-15(17-11-10-16(26)13-19(17)27)12-18(14)20-21(23(29)30-6)24(2,3)31-25(4,5)22(20)28/h8-13H,7H2,1-6H3. The van der Waals surface area contributed by atoms with E-state index in [9.17, 15) is 14.0 Å². The van der Waals surface area contributed by atoms with Gasteiger partial charge in [-0.1, -0.05) is 30.7 Å². The van der Waals surface area contributed by atoms with Crippen molar-refractivity contribution in [2.75, 3.05) is 7.11 Å². The number of ether oxygens (including phenoxy) is 2. The van der Waals surface area contributed by atoms with E-state index in [4.69, 9.17) is 21.1 Å². The van der Waals surface area contributed by atoms with Crippen LogP contribution in [-0.2, 0) is 25.5 Å². The molecule has 164 valence electrons. The quantitative estimate of drug-likeness (QED) is 0.560. The van der Waals surface area contributed by atoms with Crippen LogP contribution in [-0.4, -0.2) is 30.1 Å². The molecule has 0 radical (unpaired) electrons. The Labute approximate surface area is 187 Å². The summed E-state index contributed by atoms with van der Waals surface area (Å²) < 4.78 is 25.6. The number of methoxy groups -OCH3 is 1. The molecule has 1 aliphatic heterocycles. The van der Waals surface area contributed by atoms with Crippen molar-refractivity contribution in [3.63, 3.8) is 0 Å². The van der Waals surface area contributed by atoms with Crippen molar-refractivity contribution in [2.45, 2.75) is 52.2 Å². The molecule has 3 rings (SSSR count). The van der Waals surface area contributed by atoms with Gasteiger partial charge in [-0.2, -0.15) is 0 Å². The number of aryl methyl sites for hydroxylation is 1. The van der Waals surface area contributed by atoms with Crippen LogP contribution in [0.4, 0.5) is 4.39 Å². The van der Waals surface area contributed by atoms with E-state index >= 15 is 0 Å². The largest absolute Gasteiger partial charge is 0.466 e. The first-order valence-electron chi connectivity index (χ1n) is 10.1. The summed E-state index contributed by atoms with van der Waals surface area (Å²) in [6.45, 7) is 8.79. The third-order valence-corrected chi connectivity index (χ3v) is 5.76. The van der Waals surface area contributed by atoms with Gasteiger partial charge >= 0.3 is 5.97 Å². The van der Waals surface area contributed by atoms with Crippen molar-refractivity contribution in [1.29, 1.82) is 0 Å². The Morgan fingerprint density at radius 3 is 2.32 bits per heavy atom. The second kappa shape index (κ2) is 8.21. The van der Waals surface area contributed by atoms with E-state index < -0.39 is 23.0 Å². The highest BCUT2D eigenvalue weighted by Crippen LogP contribution is 2.43. The van der Waals surface area contributed by atoms with E-state index in [1.54, 1.807) is 52.0 Å². The number of rotatable bonds is 4. The minimum Gasteiger partial charge on any atom is -0.466 e. The van der Waals surface area contributed by atoms with Crippen LogP contribution in [0.5, 0.6) is 0 Å². The molecule has 0 atom stereocenters. The first-order valence-corrected chi connectivity index (χ1v) is 10.5. The Hall–Kier alpha value is -2.50. The number of hydrogen-bond acceptors (Lipinski definition) is 4. The van der Waals surface area contributed by atoms with Crippen LogP contribution in [0.1, 0.15) is 45.7 Å². The van der Waals surface area contributed by atoms with Crippen LogP contribution in [0.25, 0.3) is 16.7 Å². The minimum absolute atomic E-state index is 0.155. The molecule has 2 aromatic rings. The molecule has 31 heavy (non-hydrogen) atoms. The predicted molar refractivity (Wildman–Crippen MR) is 119 cm³/mol. The molecular weight excluding hydrogens is 419 g/mol. The molecule has 0 aliphatic carbocycles. The summed E-state index contributed by atoms with van der Waals surface area (Å²) in [5.74, 6) is -1.42. The summed E-state index contributed by atoms with van der Waals surface area (Å²) in [6.07, 6.45) is 0.617. The maximum atomic E-state index is 14.6. The van der Waals surface area contributed by atoms with Crippen LogP contribution < -0.4 is 0 Å². The number of halogens is 2. The first-order chi connectivity index (χ1) is 14.4. The number of hydrogen-bond donors (Lipinski definition) is 0. The molecule has 0 aromatic heterocycles. The molecule has 0 spiro atoms. The van der Waals surface area contributed by atoms with Gasteiger partial charge in [0.05, 0.1) is 18.3 Å². The van der Waals surface area contributed by atoms with E-state index in [1.807, 2.05) is 13.0 Å². The molecule has 0 unspecified atom stereocenters. The normalized spacial score (nSPS) is 17.6. The van der Waals surface area contributed by atoms with E-state index in [0.29, 0.717) is 28.1 Å². The Morgan fingerprint density at radius 1 is 1.06 bits per heavy atom. The van der Waals surface area contributed by atoms with Gasteiger partial charge in [0.15, 0.2) is 5.78 Å². The van der Waals surface area contributed by atoms with Gasteiger partial charge in [0, 0.05) is 16.2 Å². The van der Waals surface area contributed by atoms with Gasteiger partial charge in [0.2, 0.25) is 0 Å². The fraction of sp³-hybridized carbons (Fsp3) is 0.360. The van der Waals surface area contributed by atoms with Gasteiger partial charge in [0.1, 0.15) is 11.4 Å². The maximum absolute atomic E-state index is 14.6. The second-order valence-electron chi connectivity index (χ2n) is 8.54. The van der Waals surface area contributed by atoms with Crippen LogP contribution in [0, 0.1) is 5.82 Å². The highest BCUT2D eigenvalue weighted by atomic mass is 35.5. The Morgan fingerprint density at radius 2 is 1.74 bits per heavy atom. The Balaban J connectivity index is 2.37. The third-order valence-electron chi connectivity index (χ3n) is 5.53. The molecule has 0 saturated heterocycles. The topological polar surface area (TPSA) is 52.6 Å². The molecule has 1 aliphatic rings. The Kier molecular flexibility index (Phi) is 6.14. The van der Waals surface area contributed by atoms with Crippen molar-refractivity contribution >= 4 is 28.9 Å². The van der Waals surface area contributed by atoms with Crippen molar-refractivity contribution in [3.05, 3.63) is 63.9 Å². The van der Waals surface area contributed by atoms with Crippen LogP contribution >= 0.6 is 11.6 Å². The summed E-state index contributed by atoms with van der Waals surface area (Å²) >= 11 is 5.90. The zero-order valence-electron chi connectivity index (χ0n) is 18.6. The molecule has 0 bridgehead atoms. The second-order valence-corrected chi connectivity index (χ2v) is 8.98. The van der Waals surface area contributed by atoms with Gasteiger partial charge in [-0.3, -0.25) is 4.79 Å². The summed E-state index contributed by atoms with van der Waals surface area (Å²) in [6, 6.07) is 9.85. The summed E-state index contributed by atoms with van der Waals surface area (Å²) in [4.78, 5) is 26.3. The zero-order valence-corrected chi connectivity index (χ0v) is 19.3. The monoisotopic (exact) mass is 444 g/mol. The molecule has 2 aromatic carbocycles. The zero-order chi connectivity index (χ0) is 23.1. The van der Waals surface area contributed by atoms with E-state index in [2.05, 4.69) is 0 Å². The van der Waals surface area contributed by atoms with Gasteiger partial charge < -0.3 is 9.47 Å². The lowest BCUT2D eigenvalue weighted by Gasteiger charge is -2.42. The van der Waals surface area contributed by atoms with Gasteiger partial charge in [0.25, 0.3) is 0 Å². The molecule has 0 N–H and O–H groups in total. The van der Waals surface area contributed by atoms with Crippen LogP contribution in [0.15, 0.2) is 42.0 Å². The van der Waals surface area contributed by atoms with Crippen LogP contribution in [0.3, 0.4) is 0 Å². The van der Waals surface area contributed by atoms with E-state index in [1.165, 1.54) is 13.2 Å². The van der Waals surface area contributed by atoms with E-state index in [0.717, 1.165) is 5.56 Å². The number of carbonyl (C=O) groups excluding carboxylic acids is 2. The fourth-order valence-corrected chi connectivity index (χ4v) is 4.33. The molecule has 1 heterocycles. The van der Waals surface area contributed by atoms with E-state index in [-0.39, 0.29) is 16.9 Å². The lowest BCUT2D eigenvalue weighted by Crippen LogP contribution is -2.51. The predicted octanol–water partition coefficient (Wildman–Crippen LogP) is 5.79. The lowest BCUT2D eigenvalue weighted by atomic mass is 9.77. The summed E-state index contributed by atoms with van der Waals surface area (Å²) in [7, 11) is 1.27. The van der Waals surface area contributed by atoms with Crippen molar-refractivity contribution in [3.8, 4) is 11.1 Å². The van der Waals surface area contributed by atoms with Gasteiger partial charge in [-0.25, -0.2) is 9.18 Å². The minimum atomic E-state index is -1.15. The third kappa shape index (κ3) is 4.17. The van der Waals surface area contributed by atoms with Gasteiger partial charge in [-0.15, -0.1) is 0 Å². The number of ketones is 1. The Bertz CT molecular complexity index is 1100. The summed E-state index contributed by atoms with van der Waals surface area (Å²) in [5, 5.41) is 0.297. The molecule has 0 saturated carbocycles. The molecular formula is C25H26ClFO4. The molecule has 0 amide bonds. The maximum Gasteiger partial charge on any atom is 0.337 e. The number of carbonyl (C=O) groups is 2. The number of esters is 1. The summed E-state index contributed by atoms with van der Waals surface area (Å²) in [5.41, 5.74) is 0.555. The molecule has 6 heteroatoms.